The summed E-state index contributed by atoms with van der Waals surface area (Å²) in [7, 11) is -3.90. The molecule has 10 heteroatoms. The van der Waals surface area contributed by atoms with Gasteiger partial charge in [0, 0.05) is 13.0 Å². The number of furan rings is 1. The number of rotatable bonds is 7. The Morgan fingerprint density at radius 3 is 2.53 bits per heavy atom. The van der Waals surface area contributed by atoms with Gasteiger partial charge in [0.05, 0.1) is 23.8 Å². The summed E-state index contributed by atoms with van der Waals surface area (Å²) in [6, 6.07) is 16.0. The van der Waals surface area contributed by atoms with E-state index in [1.54, 1.807) is 18.2 Å². The van der Waals surface area contributed by atoms with Crippen molar-refractivity contribution in [3.05, 3.63) is 83.8 Å². The molecule has 9 nitrogen and oxygen atoms in total. The van der Waals surface area contributed by atoms with Crippen molar-refractivity contribution >= 4 is 21.8 Å². The summed E-state index contributed by atoms with van der Waals surface area (Å²) in [6.07, 6.45) is 1.70. The molecule has 4 rings (SSSR count). The van der Waals surface area contributed by atoms with Crippen LogP contribution in [-0.2, 0) is 21.2 Å². The van der Waals surface area contributed by atoms with Crippen molar-refractivity contribution in [3.63, 3.8) is 0 Å². The van der Waals surface area contributed by atoms with Gasteiger partial charge in [0.15, 0.2) is 5.76 Å². The van der Waals surface area contributed by atoms with Crippen LogP contribution in [0.15, 0.2) is 76.2 Å². The first-order valence-corrected chi connectivity index (χ1v) is 12.3. The van der Waals surface area contributed by atoms with Crippen molar-refractivity contribution in [3.8, 4) is 5.75 Å². The summed E-state index contributed by atoms with van der Waals surface area (Å²) in [5.74, 6) is -0.522. The Kier molecular flexibility index (Phi) is 6.99. The Bertz CT molecular complexity index is 1260. The topological polar surface area (TPSA) is 118 Å². The van der Waals surface area contributed by atoms with Crippen LogP contribution in [0.4, 0.5) is 0 Å². The second-order valence-corrected chi connectivity index (χ2v) is 9.56. The highest BCUT2D eigenvalue weighted by Crippen LogP contribution is 2.36. The molecule has 1 atom stereocenters. The first kappa shape index (κ1) is 23.5. The number of hydrazine groups is 1. The standard InChI is InChI=1S/C24H25N3O6S/c1-2-32-18-9-11-19(12-10-18)34(30,31)27-14-13-17-6-3-4-7-20(17)21(27)16-23(28)25-26-24(29)22-8-5-15-33-22/h3-12,15,21H,2,13-14,16H2,1H3,(H,25,28)(H,26,29)/t21-/m1/s1. The summed E-state index contributed by atoms with van der Waals surface area (Å²) >= 11 is 0. The normalized spacial score (nSPS) is 15.9. The van der Waals surface area contributed by atoms with Gasteiger partial charge in [-0.2, -0.15) is 4.31 Å². The van der Waals surface area contributed by atoms with Gasteiger partial charge in [0.1, 0.15) is 5.75 Å². The van der Waals surface area contributed by atoms with E-state index in [1.807, 2.05) is 31.2 Å². The predicted molar refractivity (Wildman–Crippen MR) is 123 cm³/mol. The second kappa shape index (κ2) is 10.1. The number of carbonyl (C=O) groups excluding carboxylic acids is 2. The van der Waals surface area contributed by atoms with Gasteiger partial charge in [0.25, 0.3) is 0 Å². The highest BCUT2D eigenvalue weighted by atomic mass is 32.2. The Morgan fingerprint density at radius 1 is 1.06 bits per heavy atom. The molecule has 0 bridgehead atoms. The van der Waals surface area contributed by atoms with Crippen LogP contribution < -0.4 is 15.6 Å². The van der Waals surface area contributed by atoms with Crippen molar-refractivity contribution < 1.29 is 27.2 Å². The van der Waals surface area contributed by atoms with Crippen LogP contribution in [0.25, 0.3) is 0 Å². The number of hydrogen-bond acceptors (Lipinski definition) is 6. The van der Waals surface area contributed by atoms with E-state index in [9.17, 15) is 18.0 Å². The maximum atomic E-state index is 13.6. The van der Waals surface area contributed by atoms with Gasteiger partial charge in [-0.1, -0.05) is 24.3 Å². The number of carbonyl (C=O) groups is 2. The summed E-state index contributed by atoms with van der Waals surface area (Å²) in [5.41, 5.74) is 6.38. The molecule has 2 aromatic carbocycles. The van der Waals surface area contributed by atoms with Crippen LogP contribution in [0.5, 0.6) is 5.75 Å². The van der Waals surface area contributed by atoms with Crippen LogP contribution in [0.1, 0.15) is 41.1 Å². The Balaban J connectivity index is 1.56. The summed E-state index contributed by atoms with van der Waals surface area (Å²) < 4.78 is 38.9. The van der Waals surface area contributed by atoms with E-state index in [0.717, 1.165) is 11.1 Å². The zero-order chi connectivity index (χ0) is 24.1. The highest BCUT2D eigenvalue weighted by Gasteiger charge is 2.37. The number of hydrogen-bond donors (Lipinski definition) is 2. The number of nitrogens with one attached hydrogen (secondary N) is 2. The largest absolute Gasteiger partial charge is 0.494 e. The molecule has 178 valence electrons. The lowest BCUT2D eigenvalue weighted by Gasteiger charge is -2.36. The minimum atomic E-state index is -3.90. The predicted octanol–water partition coefficient (Wildman–Crippen LogP) is 2.82. The first-order valence-electron chi connectivity index (χ1n) is 10.9. The number of sulfonamides is 1. The first-order chi connectivity index (χ1) is 16.4. The van der Waals surface area contributed by atoms with Gasteiger partial charge in [-0.15, -0.1) is 0 Å². The van der Waals surface area contributed by atoms with Gasteiger partial charge >= 0.3 is 5.91 Å². The Morgan fingerprint density at radius 2 is 1.82 bits per heavy atom. The fourth-order valence-electron chi connectivity index (χ4n) is 3.96. The van der Waals surface area contributed by atoms with Gasteiger partial charge in [-0.05, 0) is 60.9 Å². The quantitative estimate of drug-likeness (QED) is 0.499. The molecule has 0 saturated heterocycles. The molecule has 2 amide bonds. The number of fused-ring (bicyclic) bond motifs is 1. The van der Waals surface area contributed by atoms with Crippen LogP contribution in [0, 0.1) is 0 Å². The van der Waals surface area contributed by atoms with Gasteiger partial charge < -0.3 is 9.15 Å². The van der Waals surface area contributed by atoms with Crippen LogP contribution in [0.3, 0.4) is 0 Å². The molecule has 1 aliphatic heterocycles. The minimum Gasteiger partial charge on any atom is -0.494 e. The maximum absolute atomic E-state index is 13.6. The van der Waals surface area contributed by atoms with E-state index in [-0.39, 0.29) is 23.6 Å². The third-order valence-electron chi connectivity index (χ3n) is 5.54. The fraction of sp³-hybridized carbons (Fsp3) is 0.250. The molecular weight excluding hydrogens is 458 g/mol. The Hall–Kier alpha value is -3.63. The highest BCUT2D eigenvalue weighted by molar-refractivity contribution is 7.89. The monoisotopic (exact) mass is 483 g/mol. The molecule has 1 aromatic heterocycles. The van der Waals surface area contributed by atoms with Gasteiger partial charge in [-0.3, -0.25) is 20.4 Å². The number of ether oxygens (including phenoxy) is 1. The van der Waals surface area contributed by atoms with E-state index in [2.05, 4.69) is 10.9 Å². The van der Waals surface area contributed by atoms with Crippen LogP contribution >= 0.6 is 0 Å². The third-order valence-corrected chi connectivity index (χ3v) is 7.47. The Labute approximate surface area is 197 Å². The van der Waals surface area contributed by atoms with Crippen LogP contribution in [0.2, 0.25) is 0 Å². The average molecular weight is 484 g/mol. The molecule has 3 aromatic rings. The average Bonchev–Trinajstić information content (AvgIpc) is 3.38. The summed E-state index contributed by atoms with van der Waals surface area (Å²) in [4.78, 5) is 24.9. The lowest BCUT2D eigenvalue weighted by atomic mass is 9.92. The van der Waals surface area contributed by atoms with E-state index in [0.29, 0.717) is 18.8 Å². The van der Waals surface area contributed by atoms with Gasteiger partial charge in [0.2, 0.25) is 15.9 Å². The maximum Gasteiger partial charge on any atom is 0.305 e. The molecule has 0 unspecified atom stereocenters. The molecule has 0 radical (unpaired) electrons. The SMILES string of the molecule is CCOc1ccc(S(=O)(=O)N2CCc3ccccc3[C@H]2CC(=O)NNC(=O)c2ccco2)cc1. The molecule has 0 spiro atoms. The molecule has 0 saturated carbocycles. The lowest BCUT2D eigenvalue weighted by Crippen LogP contribution is -2.45. The van der Waals surface area contributed by atoms with Crippen molar-refractivity contribution in [2.24, 2.45) is 0 Å². The van der Waals surface area contributed by atoms with Crippen molar-refractivity contribution in [1.82, 2.24) is 15.2 Å². The minimum absolute atomic E-state index is 0.0445. The molecule has 0 fully saturated rings. The third kappa shape index (κ3) is 4.97. The number of amides is 2. The molecular formula is C24H25N3O6S. The second-order valence-electron chi connectivity index (χ2n) is 7.67. The van der Waals surface area contributed by atoms with Crippen LogP contribution in [-0.4, -0.2) is 37.7 Å². The lowest BCUT2D eigenvalue weighted by molar-refractivity contribution is -0.122. The van der Waals surface area contributed by atoms with E-state index in [4.69, 9.17) is 9.15 Å². The molecule has 1 aliphatic rings. The van der Waals surface area contributed by atoms with E-state index >= 15 is 0 Å². The summed E-state index contributed by atoms with van der Waals surface area (Å²) in [6.45, 7) is 2.55. The zero-order valence-corrected chi connectivity index (χ0v) is 19.4. The zero-order valence-electron chi connectivity index (χ0n) is 18.6. The smallest absolute Gasteiger partial charge is 0.305 e. The molecule has 2 heterocycles. The molecule has 34 heavy (non-hydrogen) atoms. The number of benzene rings is 2. The van der Waals surface area contributed by atoms with Crippen molar-refractivity contribution in [2.75, 3.05) is 13.2 Å². The summed E-state index contributed by atoms with van der Waals surface area (Å²) in [5, 5.41) is 0. The van der Waals surface area contributed by atoms with E-state index < -0.39 is 27.9 Å². The van der Waals surface area contributed by atoms with Crippen molar-refractivity contribution in [2.45, 2.75) is 30.7 Å². The fourth-order valence-corrected chi connectivity index (χ4v) is 5.57. The molecule has 2 N–H and O–H groups in total. The van der Waals surface area contributed by atoms with Gasteiger partial charge in [-0.25, -0.2) is 8.42 Å². The number of nitrogens with zero attached hydrogens (tertiary/aromatic N) is 1. The van der Waals surface area contributed by atoms with E-state index in [1.165, 1.54) is 28.8 Å². The van der Waals surface area contributed by atoms with Crippen molar-refractivity contribution in [1.29, 1.82) is 0 Å². The molecule has 0 aliphatic carbocycles.